The zero-order chi connectivity index (χ0) is 27.9. The van der Waals surface area contributed by atoms with Crippen LogP contribution in [0.3, 0.4) is 0 Å². The molecule has 0 bridgehead atoms. The maximum atomic E-state index is 12.4. The summed E-state index contributed by atoms with van der Waals surface area (Å²) in [7, 11) is 0. The molecule has 1 heterocycles. The van der Waals surface area contributed by atoms with E-state index in [9.17, 15) is 34.1 Å². The van der Waals surface area contributed by atoms with E-state index >= 15 is 0 Å². The lowest BCUT2D eigenvalue weighted by Crippen LogP contribution is -2.53. The van der Waals surface area contributed by atoms with E-state index in [1.54, 1.807) is 0 Å². The zero-order valence-electron chi connectivity index (χ0n) is 20.9. The van der Waals surface area contributed by atoms with Crippen molar-refractivity contribution in [3.63, 3.8) is 0 Å². The highest BCUT2D eigenvalue weighted by atomic mass is 16.6. The fourth-order valence-electron chi connectivity index (χ4n) is 3.80. The summed E-state index contributed by atoms with van der Waals surface area (Å²) >= 11 is 0. The Bertz CT molecular complexity index is 1060. The van der Waals surface area contributed by atoms with E-state index in [1.165, 1.54) is 36.1 Å². The van der Waals surface area contributed by atoms with E-state index in [-0.39, 0.29) is 17.8 Å². The largest absolute Gasteiger partial charge is 0.462 e. The number of nitrogens with zero attached hydrogens (tertiary/aromatic N) is 2. The van der Waals surface area contributed by atoms with E-state index in [0.717, 1.165) is 27.7 Å². The minimum absolute atomic E-state index is 0.182. The Morgan fingerprint density at radius 1 is 1.00 bits per heavy atom. The summed E-state index contributed by atoms with van der Waals surface area (Å²) in [6.45, 7) is 4.87. The molecule has 2 rings (SSSR count). The molecule has 0 saturated carbocycles. The van der Waals surface area contributed by atoms with Gasteiger partial charge in [-0.2, -0.15) is 0 Å². The molecule has 0 N–H and O–H groups in total. The number of amides is 1. The smallest absolute Gasteiger partial charge is 0.303 e. The molecule has 1 aromatic carbocycles. The highest BCUT2D eigenvalue weighted by Crippen LogP contribution is 2.35. The molecular weight excluding hydrogens is 496 g/mol. The maximum Gasteiger partial charge on any atom is 0.303 e. The Labute approximate surface area is 211 Å². The molecule has 0 unspecified atom stereocenters. The fraction of sp³-hybridized carbons (Fsp3) is 0.522. The molecule has 1 aromatic rings. The second-order valence-corrected chi connectivity index (χ2v) is 8.15. The van der Waals surface area contributed by atoms with Crippen LogP contribution in [0, 0.1) is 10.1 Å². The summed E-state index contributed by atoms with van der Waals surface area (Å²) in [6, 6.07) is 5.44. The lowest BCUT2D eigenvalue weighted by Gasteiger charge is -2.34. The molecule has 0 aromatic heterocycles. The predicted octanol–water partition coefficient (Wildman–Crippen LogP) is 1.20. The summed E-state index contributed by atoms with van der Waals surface area (Å²) in [5, 5.41) is 11.2. The Morgan fingerprint density at radius 3 is 2.14 bits per heavy atom. The van der Waals surface area contributed by atoms with Crippen LogP contribution in [-0.2, 0) is 47.7 Å². The van der Waals surface area contributed by atoms with Crippen molar-refractivity contribution in [3.8, 4) is 0 Å². The van der Waals surface area contributed by atoms with E-state index in [4.69, 9.17) is 23.7 Å². The van der Waals surface area contributed by atoms with Crippen molar-refractivity contribution in [2.75, 3.05) is 13.2 Å². The van der Waals surface area contributed by atoms with Crippen molar-refractivity contribution in [1.82, 2.24) is 4.90 Å². The van der Waals surface area contributed by atoms with Gasteiger partial charge in [0, 0.05) is 52.3 Å². The van der Waals surface area contributed by atoms with Crippen molar-refractivity contribution in [1.29, 1.82) is 0 Å². The van der Waals surface area contributed by atoms with Crippen LogP contribution in [0.1, 0.15) is 46.4 Å². The van der Waals surface area contributed by atoms with Gasteiger partial charge in [-0.3, -0.25) is 34.1 Å². The van der Waals surface area contributed by atoms with Gasteiger partial charge in [-0.25, -0.2) is 0 Å². The Hall–Kier alpha value is -4.07. The molecule has 14 heteroatoms. The number of nitro benzene ring substituents is 1. The highest BCUT2D eigenvalue weighted by Gasteiger charge is 2.48. The number of rotatable bonds is 10. The Balaban J connectivity index is 2.51. The van der Waals surface area contributed by atoms with E-state index in [1.807, 2.05) is 0 Å². The first kappa shape index (κ1) is 29.2. The normalized spacial score (nSPS) is 19.2. The quantitative estimate of drug-likeness (QED) is 0.185. The average Bonchev–Trinajstić information content (AvgIpc) is 3.24. The maximum absolute atomic E-state index is 12.4. The summed E-state index contributed by atoms with van der Waals surface area (Å²) in [5.74, 6) is -3.62. The average molecular weight is 524 g/mol. The lowest BCUT2D eigenvalue weighted by molar-refractivity contribution is -0.385. The van der Waals surface area contributed by atoms with Gasteiger partial charge in [0.05, 0.1) is 11.5 Å². The third-order valence-corrected chi connectivity index (χ3v) is 5.16. The number of hydrogen-bond donors (Lipinski definition) is 0. The summed E-state index contributed by atoms with van der Waals surface area (Å²) in [5.41, 5.74) is 0.0349. The van der Waals surface area contributed by atoms with Crippen LogP contribution in [0.4, 0.5) is 5.69 Å². The topological polar surface area (TPSA) is 178 Å². The molecule has 1 aliphatic rings. The molecular formula is C23H28N2O12. The van der Waals surface area contributed by atoms with Crippen LogP contribution in [0.5, 0.6) is 0 Å². The van der Waals surface area contributed by atoms with Crippen LogP contribution in [-0.4, -0.2) is 77.2 Å². The Morgan fingerprint density at radius 2 is 1.62 bits per heavy atom. The second kappa shape index (κ2) is 12.8. The molecule has 0 radical (unpaired) electrons. The molecule has 37 heavy (non-hydrogen) atoms. The minimum atomic E-state index is -1.51. The second-order valence-electron chi connectivity index (χ2n) is 8.15. The first-order valence-corrected chi connectivity index (χ1v) is 11.1. The molecule has 0 aliphatic carbocycles. The van der Waals surface area contributed by atoms with Crippen LogP contribution in [0.15, 0.2) is 24.3 Å². The summed E-state index contributed by atoms with van der Waals surface area (Å²) in [6.07, 6.45) is -6.60. The summed E-state index contributed by atoms with van der Waals surface area (Å²) in [4.78, 5) is 71.5. The van der Waals surface area contributed by atoms with Crippen molar-refractivity contribution in [2.45, 2.75) is 65.3 Å². The van der Waals surface area contributed by atoms with Gasteiger partial charge >= 0.3 is 23.9 Å². The molecule has 202 valence electrons. The minimum Gasteiger partial charge on any atom is -0.462 e. The van der Waals surface area contributed by atoms with Gasteiger partial charge < -0.3 is 28.6 Å². The third kappa shape index (κ3) is 8.24. The number of nitro groups is 1. The summed E-state index contributed by atoms with van der Waals surface area (Å²) < 4.78 is 27.0. The molecule has 5 atom stereocenters. The first-order chi connectivity index (χ1) is 17.3. The monoisotopic (exact) mass is 524 g/mol. The van der Waals surface area contributed by atoms with E-state index < -0.39 is 72.0 Å². The molecule has 1 aliphatic heterocycles. The van der Waals surface area contributed by atoms with Crippen LogP contribution >= 0.6 is 0 Å². The van der Waals surface area contributed by atoms with Crippen molar-refractivity contribution in [2.24, 2.45) is 0 Å². The van der Waals surface area contributed by atoms with Gasteiger partial charge in [-0.05, 0) is 0 Å². The van der Waals surface area contributed by atoms with E-state index in [0.29, 0.717) is 0 Å². The molecule has 14 nitrogen and oxygen atoms in total. The number of benzene rings is 1. The van der Waals surface area contributed by atoms with Gasteiger partial charge in [0.2, 0.25) is 5.91 Å². The van der Waals surface area contributed by atoms with Crippen molar-refractivity contribution >= 4 is 35.5 Å². The number of carbonyl (C=O) groups excluding carboxylic acids is 5. The highest BCUT2D eigenvalue weighted by molar-refractivity contribution is 5.74. The lowest BCUT2D eigenvalue weighted by atomic mass is 10.0. The first-order valence-electron chi connectivity index (χ1n) is 11.1. The molecule has 0 spiro atoms. The fourth-order valence-corrected chi connectivity index (χ4v) is 3.80. The molecule has 1 saturated heterocycles. The number of hydrogen-bond acceptors (Lipinski definition) is 12. The van der Waals surface area contributed by atoms with Crippen LogP contribution in [0.25, 0.3) is 0 Å². The van der Waals surface area contributed by atoms with Gasteiger partial charge in [-0.1, -0.05) is 12.1 Å². The van der Waals surface area contributed by atoms with Crippen molar-refractivity contribution < 1.29 is 52.6 Å². The van der Waals surface area contributed by atoms with Gasteiger partial charge in [-0.15, -0.1) is 0 Å². The van der Waals surface area contributed by atoms with E-state index in [2.05, 4.69) is 0 Å². The zero-order valence-corrected chi connectivity index (χ0v) is 20.9. The number of ether oxygens (including phenoxy) is 5. The standard InChI is InChI=1S/C23H28N2O12/c1-12(26)24-10-19(37-23(24)17-7-6-8-18(9-17)25(31)32)21(35-15(4)29)22(36-16(5)30)20(34-14(3)28)11-33-13(2)27/h6-9,19-23H,10-11H2,1-5H3/t19-,20+,21+,22+,23-/m0/s1. The number of esters is 4. The Kier molecular flexibility index (Phi) is 10.1. The van der Waals surface area contributed by atoms with Crippen LogP contribution < -0.4 is 0 Å². The van der Waals surface area contributed by atoms with Gasteiger partial charge in [0.15, 0.2) is 24.5 Å². The SMILES string of the molecule is CC(=O)OC[C@@H](OC(C)=O)[C@@H](OC(C)=O)[C@H](OC(C)=O)[C@@H]1CN(C(C)=O)[C@H](c2cccc([N+](=O)[O-])c2)O1. The predicted molar refractivity (Wildman–Crippen MR) is 121 cm³/mol. The van der Waals surface area contributed by atoms with Crippen molar-refractivity contribution in [3.05, 3.63) is 39.9 Å². The van der Waals surface area contributed by atoms with Gasteiger partial charge in [0.1, 0.15) is 12.7 Å². The number of non-ortho nitro benzene ring substituents is 1. The van der Waals surface area contributed by atoms with Gasteiger partial charge in [0.25, 0.3) is 5.69 Å². The molecule has 1 amide bonds. The van der Waals surface area contributed by atoms with Crippen LogP contribution in [0.2, 0.25) is 0 Å². The number of carbonyl (C=O) groups is 5. The molecule has 1 fully saturated rings. The third-order valence-electron chi connectivity index (χ3n) is 5.16.